The second-order valence-corrected chi connectivity index (χ2v) is 8.04. The van der Waals surface area contributed by atoms with E-state index in [2.05, 4.69) is 16.7 Å². The maximum Gasteiger partial charge on any atom is 0.244 e. The number of benzene rings is 1. The van der Waals surface area contributed by atoms with Gasteiger partial charge in [-0.2, -0.15) is 5.10 Å². The Morgan fingerprint density at radius 3 is 2.63 bits per heavy atom. The highest BCUT2D eigenvalue weighted by Crippen LogP contribution is 2.31. The quantitative estimate of drug-likeness (QED) is 0.729. The van der Waals surface area contributed by atoms with E-state index in [1.54, 1.807) is 7.11 Å². The molecule has 0 spiro atoms. The fourth-order valence-electron chi connectivity index (χ4n) is 4.46. The van der Waals surface area contributed by atoms with E-state index < -0.39 is 0 Å². The van der Waals surface area contributed by atoms with Gasteiger partial charge in [-0.15, -0.1) is 0 Å². The lowest BCUT2D eigenvalue weighted by molar-refractivity contribution is -0.135. The topological polar surface area (TPSA) is 59.8 Å². The fraction of sp³-hybridized carbons (Fsp3) is 0.565. The van der Waals surface area contributed by atoms with Crippen molar-refractivity contribution >= 4 is 11.7 Å². The van der Waals surface area contributed by atoms with Gasteiger partial charge in [-0.25, -0.2) is 0 Å². The van der Waals surface area contributed by atoms with Crippen LogP contribution in [0, 0.1) is 0 Å². The van der Waals surface area contributed by atoms with Crippen LogP contribution in [0.1, 0.15) is 32.6 Å². The number of ether oxygens (including phenoxy) is 2. The van der Waals surface area contributed by atoms with E-state index in [1.165, 1.54) is 6.42 Å². The van der Waals surface area contributed by atoms with Gasteiger partial charge in [0.05, 0.1) is 20.3 Å². The summed E-state index contributed by atoms with van der Waals surface area (Å²) in [5, 5.41) is 4.85. The first-order valence-corrected chi connectivity index (χ1v) is 11.0. The first-order chi connectivity index (χ1) is 14.7. The fourth-order valence-corrected chi connectivity index (χ4v) is 4.46. The van der Waals surface area contributed by atoms with E-state index in [0.29, 0.717) is 19.3 Å². The number of methoxy groups -OCH3 is 1. The zero-order chi connectivity index (χ0) is 20.9. The van der Waals surface area contributed by atoms with Crippen LogP contribution in [0.5, 0.6) is 5.75 Å². The van der Waals surface area contributed by atoms with Crippen molar-refractivity contribution in [3.63, 3.8) is 0 Å². The highest BCUT2D eigenvalue weighted by atomic mass is 16.5. The van der Waals surface area contributed by atoms with Gasteiger partial charge in [0.15, 0.2) is 5.82 Å². The van der Waals surface area contributed by atoms with E-state index in [0.717, 1.165) is 61.6 Å². The summed E-state index contributed by atoms with van der Waals surface area (Å²) in [6.07, 6.45) is 6.44. The second-order valence-electron chi connectivity index (χ2n) is 8.04. The number of hydrogen-bond donors (Lipinski definition) is 0. The van der Waals surface area contributed by atoms with Gasteiger partial charge in [0.25, 0.3) is 0 Å². The van der Waals surface area contributed by atoms with Crippen molar-refractivity contribution in [2.75, 3.05) is 44.9 Å². The third kappa shape index (κ3) is 4.46. The lowest BCUT2D eigenvalue weighted by Gasteiger charge is -2.35. The van der Waals surface area contributed by atoms with Gasteiger partial charge in [0, 0.05) is 37.4 Å². The summed E-state index contributed by atoms with van der Waals surface area (Å²) in [6.45, 7) is 6.31. The first kappa shape index (κ1) is 20.7. The minimum atomic E-state index is 0.166. The highest BCUT2D eigenvalue weighted by Gasteiger charge is 2.26. The minimum Gasteiger partial charge on any atom is -0.497 e. The van der Waals surface area contributed by atoms with Crippen molar-refractivity contribution in [3.05, 3.63) is 30.5 Å². The number of piperidine rings is 1. The Kier molecular flexibility index (Phi) is 6.57. The van der Waals surface area contributed by atoms with Crippen LogP contribution in [0.4, 0.5) is 5.82 Å². The predicted molar refractivity (Wildman–Crippen MR) is 117 cm³/mol. The lowest BCUT2D eigenvalue weighted by atomic mass is 10.00. The number of carbonyl (C=O) groups is 1. The van der Waals surface area contributed by atoms with Crippen LogP contribution in [0.25, 0.3) is 11.1 Å². The molecule has 7 nitrogen and oxygen atoms in total. The Morgan fingerprint density at radius 2 is 1.93 bits per heavy atom. The molecule has 1 atom stereocenters. The van der Waals surface area contributed by atoms with Gasteiger partial charge in [-0.1, -0.05) is 19.1 Å². The molecule has 4 rings (SSSR count). The molecule has 0 radical (unpaired) electrons. The van der Waals surface area contributed by atoms with Gasteiger partial charge < -0.3 is 19.3 Å². The van der Waals surface area contributed by atoms with Gasteiger partial charge in [0.1, 0.15) is 12.3 Å². The smallest absolute Gasteiger partial charge is 0.244 e. The van der Waals surface area contributed by atoms with Crippen molar-refractivity contribution in [2.24, 2.45) is 0 Å². The second kappa shape index (κ2) is 9.51. The number of anilines is 1. The van der Waals surface area contributed by atoms with E-state index in [4.69, 9.17) is 14.6 Å². The molecule has 7 heteroatoms. The Morgan fingerprint density at radius 1 is 1.17 bits per heavy atom. The molecule has 2 aliphatic rings. The van der Waals surface area contributed by atoms with Crippen molar-refractivity contribution in [3.8, 4) is 16.9 Å². The number of nitrogens with zero attached hydrogens (tertiary/aromatic N) is 4. The zero-order valence-electron chi connectivity index (χ0n) is 18.0. The summed E-state index contributed by atoms with van der Waals surface area (Å²) in [5.74, 6) is 1.91. The van der Waals surface area contributed by atoms with Crippen LogP contribution in [0.15, 0.2) is 30.5 Å². The summed E-state index contributed by atoms with van der Waals surface area (Å²) in [4.78, 5) is 17.4. The molecule has 1 aromatic heterocycles. The summed E-state index contributed by atoms with van der Waals surface area (Å²) >= 11 is 0. The third-order valence-electron chi connectivity index (χ3n) is 6.17. The SMILES string of the molecule is CC[C@@H]1CCCCN1C(=O)Cn1cc(-c2ccc(OC)cc2)c(N2CCOCC2)n1. The molecule has 1 aromatic carbocycles. The number of rotatable bonds is 6. The standard InChI is InChI=1S/C23H32N4O3/c1-3-19-6-4-5-11-27(19)22(28)17-26-16-21(18-7-9-20(29-2)10-8-18)23(24-26)25-12-14-30-15-13-25/h7-10,16,19H,3-6,11-15,17H2,1-2H3/t19-/m1/s1. The molecular formula is C23H32N4O3. The van der Waals surface area contributed by atoms with Crippen molar-refractivity contribution < 1.29 is 14.3 Å². The van der Waals surface area contributed by atoms with Gasteiger partial charge in [0.2, 0.25) is 5.91 Å². The monoisotopic (exact) mass is 412 g/mol. The molecule has 0 N–H and O–H groups in total. The van der Waals surface area contributed by atoms with Crippen LogP contribution in [-0.2, 0) is 16.1 Å². The molecule has 0 bridgehead atoms. The van der Waals surface area contributed by atoms with Crippen molar-refractivity contribution in [2.45, 2.75) is 45.2 Å². The number of amides is 1. The van der Waals surface area contributed by atoms with Crippen LogP contribution < -0.4 is 9.64 Å². The molecular weight excluding hydrogens is 380 g/mol. The van der Waals surface area contributed by atoms with E-state index >= 15 is 0 Å². The molecule has 0 unspecified atom stereocenters. The molecule has 0 aliphatic carbocycles. The maximum atomic E-state index is 13.1. The molecule has 30 heavy (non-hydrogen) atoms. The number of carbonyl (C=O) groups excluding carboxylic acids is 1. The molecule has 162 valence electrons. The summed E-state index contributed by atoms with van der Waals surface area (Å²) in [5.41, 5.74) is 2.11. The number of hydrogen-bond acceptors (Lipinski definition) is 5. The molecule has 2 fully saturated rings. The van der Waals surface area contributed by atoms with Gasteiger partial charge in [-0.3, -0.25) is 9.48 Å². The maximum absolute atomic E-state index is 13.1. The van der Waals surface area contributed by atoms with Crippen LogP contribution in [0.3, 0.4) is 0 Å². The summed E-state index contributed by atoms with van der Waals surface area (Å²) in [7, 11) is 1.67. The zero-order valence-corrected chi connectivity index (χ0v) is 18.0. The highest BCUT2D eigenvalue weighted by molar-refractivity contribution is 5.79. The normalized spacial score (nSPS) is 19.7. The molecule has 2 saturated heterocycles. The Bertz CT molecular complexity index is 843. The average molecular weight is 413 g/mol. The van der Waals surface area contributed by atoms with Crippen molar-refractivity contribution in [1.82, 2.24) is 14.7 Å². The Balaban J connectivity index is 1.60. The van der Waals surface area contributed by atoms with Crippen LogP contribution in [-0.4, -0.2) is 66.6 Å². The van der Waals surface area contributed by atoms with E-state index in [9.17, 15) is 4.79 Å². The molecule has 2 aliphatic heterocycles. The molecule has 3 heterocycles. The average Bonchev–Trinajstić information content (AvgIpc) is 3.23. The van der Waals surface area contributed by atoms with E-state index in [1.807, 2.05) is 35.1 Å². The molecule has 2 aromatic rings. The van der Waals surface area contributed by atoms with Crippen molar-refractivity contribution in [1.29, 1.82) is 0 Å². The largest absolute Gasteiger partial charge is 0.497 e. The number of likely N-dealkylation sites (tertiary alicyclic amines) is 1. The summed E-state index contributed by atoms with van der Waals surface area (Å²) < 4.78 is 12.6. The van der Waals surface area contributed by atoms with Gasteiger partial charge >= 0.3 is 0 Å². The number of morpholine rings is 1. The minimum absolute atomic E-state index is 0.166. The predicted octanol–water partition coefficient (Wildman–Crippen LogP) is 3.19. The lowest BCUT2D eigenvalue weighted by Crippen LogP contribution is -2.44. The third-order valence-corrected chi connectivity index (χ3v) is 6.17. The van der Waals surface area contributed by atoms with E-state index in [-0.39, 0.29) is 12.5 Å². The molecule has 1 amide bonds. The Labute approximate surface area is 178 Å². The summed E-state index contributed by atoms with van der Waals surface area (Å²) in [6, 6.07) is 8.37. The molecule has 0 saturated carbocycles. The Hall–Kier alpha value is -2.54. The first-order valence-electron chi connectivity index (χ1n) is 11.0. The van der Waals surface area contributed by atoms with Crippen LogP contribution >= 0.6 is 0 Å². The van der Waals surface area contributed by atoms with Crippen LogP contribution in [0.2, 0.25) is 0 Å². The number of aromatic nitrogens is 2. The van der Waals surface area contributed by atoms with Gasteiger partial charge in [-0.05, 0) is 43.4 Å².